The van der Waals surface area contributed by atoms with Gasteiger partial charge in [-0.05, 0) is 48.6 Å². The molecule has 1 N–H and O–H groups in total. The van der Waals surface area contributed by atoms with E-state index in [1.165, 1.54) is 18.5 Å². The molecule has 0 aliphatic carbocycles. The van der Waals surface area contributed by atoms with Crippen molar-refractivity contribution in [1.29, 1.82) is 0 Å². The second kappa shape index (κ2) is 8.67. The normalized spacial score (nSPS) is 15.2. The number of piperidine rings is 1. The van der Waals surface area contributed by atoms with Crippen molar-refractivity contribution in [3.05, 3.63) is 60.2 Å². The maximum absolute atomic E-state index is 12.0. The molecule has 0 aromatic heterocycles. The van der Waals surface area contributed by atoms with E-state index >= 15 is 0 Å². The average Bonchev–Trinajstić information content (AvgIpc) is 2.64. The van der Waals surface area contributed by atoms with E-state index in [1.807, 2.05) is 42.5 Å². The number of rotatable bonds is 6. The number of carbonyl (C=O) groups excluding carboxylic acids is 1. The number of benzene rings is 2. The molecule has 4 heteroatoms. The third-order valence-corrected chi connectivity index (χ3v) is 4.64. The minimum Gasteiger partial charge on any atom is -0.372 e. The molecular formula is C21H26N2O2. The van der Waals surface area contributed by atoms with Gasteiger partial charge in [-0.25, -0.2) is 0 Å². The number of ether oxygens (including phenoxy) is 1. The summed E-state index contributed by atoms with van der Waals surface area (Å²) in [7, 11) is 0. The highest BCUT2D eigenvalue weighted by atomic mass is 16.5. The lowest BCUT2D eigenvalue weighted by Crippen LogP contribution is -2.32. The Morgan fingerprint density at radius 2 is 1.76 bits per heavy atom. The Labute approximate surface area is 149 Å². The van der Waals surface area contributed by atoms with Crippen LogP contribution in [-0.2, 0) is 16.1 Å². The first-order valence-electron chi connectivity index (χ1n) is 8.97. The molecule has 1 fully saturated rings. The van der Waals surface area contributed by atoms with Crippen LogP contribution in [0.15, 0.2) is 54.6 Å². The van der Waals surface area contributed by atoms with Crippen LogP contribution in [0.4, 0.5) is 11.4 Å². The van der Waals surface area contributed by atoms with Crippen molar-refractivity contribution in [1.82, 2.24) is 0 Å². The van der Waals surface area contributed by atoms with Crippen molar-refractivity contribution < 1.29 is 9.53 Å². The van der Waals surface area contributed by atoms with Crippen molar-refractivity contribution in [3.63, 3.8) is 0 Å². The molecule has 1 heterocycles. The third-order valence-electron chi connectivity index (χ3n) is 4.64. The number of carbonyl (C=O) groups is 1. The van der Waals surface area contributed by atoms with Gasteiger partial charge in [0.15, 0.2) is 0 Å². The van der Waals surface area contributed by atoms with E-state index in [1.54, 1.807) is 0 Å². The second-order valence-corrected chi connectivity index (χ2v) is 6.74. The summed E-state index contributed by atoms with van der Waals surface area (Å²) in [6.45, 7) is 5.04. The predicted molar refractivity (Wildman–Crippen MR) is 102 cm³/mol. The lowest BCUT2D eigenvalue weighted by Gasteiger charge is -2.32. The molecule has 25 heavy (non-hydrogen) atoms. The number of hydrogen-bond donors (Lipinski definition) is 1. The molecule has 3 rings (SSSR count). The Bertz CT molecular complexity index is 662. The smallest absolute Gasteiger partial charge is 0.250 e. The van der Waals surface area contributed by atoms with Gasteiger partial charge in [-0.15, -0.1) is 0 Å². The van der Waals surface area contributed by atoms with Crippen LogP contribution in [0.25, 0.3) is 0 Å². The molecule has 2 aromatic carbocycles. The molecule has 1 amide bonds. The number of amides is 1. The van der Waals surface area contributed by atoms with Crippen LogP contribution in [0.3, 0.4) is 0 Å². The molecule has 1 aliphatic rings. The van der Waals surface area contributed by atoms with E-state index in [2.05, 4.69) is 29.3 Å². The van der Waals surface area contributed by atoms with Crippen molar-refractivity contribution in [3.8, 4) is 0 Å². The van der Waals surface area contributed by atoms with E-state index in [-0.39, 0.29) is 12.5 Å². The second-order valence-electron chi connectivity index (χ2n) is 6.74. The number of nitrogens with zero attached hydrogens (tertiary/aromatic N) is 1. The van der Waals surface area contributed by atoms with Crippen molar-refractivity contribution in [2.75, 3.05) is 29.9 Å². The summed E-state index contributed by atoms with van der Waals surface area (Å²) in [5.41, 5.74) is 3.10. The van der Waals surface area contributed by atoms with Gasteiger partial charge >= 0.3 is 0 Å². The number of anilines is 2. The summed E-state index contributed by atoms with van der Waals surface area (Å²) in [6, 6.07) is 17.9. The van der Waals surface area contributed by atoms with E-state index in [0.29, 0.717) is 6.61 Å². The average molecular weight is 338 g/mol. The Kier molecular flexibility index (Phi) is 6.07. The van der Waals surface area contributed by atoms with Crippen LogP contribution in [0.2, 0.25) is 0 Å². The molecule has 0 radical (unpaired) electrons. The number of hydrogen-bond acceptors (Lipinski definition) is 3. The first-order valence-corrected chi connectivity index (χ1v) is 8.97. The minimum atomic E-state index is -0.129. The van der Waals surface area contributed by atoms with Gasteiger partial charge in [0.1, 0.15) is 6.61 Å². The Hall–Kier alpha value is -2.33. The summed E-state index contributed by atoms with van der Waals surface area (Å²) >= 11 is 0. The molecule has 132 valence electrons. The topological polar surface area (TPSA) is 41.6 Å². The summed E-state index contributed by atoms with van der Waals surface area (Å²) < 4.78 is 5.46. The van der Waals surface area contributed by atoms with Gasteiger partial charge < -0.3 is 15.0 Å². The van der Waals surface area contributed by atoms with Gasteiger partial charge in [0.25, 0.3) is 0 Å². The monoisotopic (exact) mass is 338 g/mol. The van der Waals surface area contributed by atoms with Gasteiger partial charge in [-0.2, -0.15) is 0 Å². The van der Waals surface area contributed by atoms with Crippen molar-refractivity contribution in [2.24, 2.45) is 5.92 Å². The molecule has 1 aliphatic heterocycles. The minimum absolute atomic E-state index is 0.0562. The summed E-state index contributed by atoms with van der Waals surface area (Å²) in [6.07, 6.45) is 2.49. The zero-order valence-corrected chi connectivity index (χ0v) is 14.8. The third kappa shape index (κ3) is 5.33. The molecule has 0 spiro atoms. The lowest BCUT2D eigenvalue weighted by atomic mass is 9.99. The van der Waals surface area contributed by atoms with Crippen LogP contribution in [-0.4, -0.2) is 25.6 Å². The SMILES string of the molecule is CC1CCN(c2ccc(NC(=O)COCc3ccccc3)cc2)CC1. The fraction of sp³-hybridized carbons (Fsp3) is 0.381. The standard InChI is InChI=1S/C21H26N2O2/c1-17-11-13-23(14-12-17)20-9-7-19(8-10-20)22-21(24)16-25-15-18-5-3-2-4-6-18/h2-10,17H,11-16H2,1H3,(H,22,24). The highest BCUT2D eigenvalue weighted by molar-refractivity contribution is 5.91. The molecule has 0 atom stereocenters. The molecule has 1 saturated heterocycles. The van der Waals surface area contributed by atoms with Crippen LogP contribution in [0, 0.1) is 5.92 Å². The van der Waals surface area contributed by atoms with E-state index < -0.39 is 0 Å². The zero-order valence-electron chi connectivity index (χ0n) is 14.8. The summed E-state index contributed by atoms with van der Waals surface area (Å²) in [5, 5.41) is 2.88. The van der Waals surface area contributed by atoms with Crippen LogP contribution < -0.4 is 10.2 Å². The predicted octanol–water partition coefficient (Wildman–Crippen LogP) is 4.08. The molecular weight excluding hydrogens is 312 g/mol. The largest absolute Gasteiger partial charge is 0.372 e. The first-order chi connectivity index (χ1) is 12.2. The van der Waals surface area contributed by atoms with E-state index in [9.17, 15) is 4.79 Å². The van der Waals surface area contributed by atoms with Crippen LogP contribution in [0.1, 0.15) is 25.3 Å². The Morgan fingerprint density at radius 3 is 2.44 bits per heavy atom. The van der Waals surface area contributed by atoms with Gasteiger partial charge in [0.05, 0.1) is 6.61 Å². The van der Waals surface area contributed by atoms with Gasteiger partial charge in [-0.1, -0.05) is 37.3 Å². The Morgan fingerprint density at radius 1 is 1.08 bits per heavy atom. The highest BCUT2D eigenvalue weighted by Gasteiger charge is 2.15. The summed E-state index contributed by atoms with van der Waals surface area (Å²) in [4.78, 5) is 14.4. The van der Waals surface area contributed by atoms with E-state index in [4.69, 9.17) is 4.74 Å². The number of nitrogens with one attached hydrogen (secondary N) is 1. The maximum atomic E-state index is 12.0. The Balaban J connectivity index is 1.44. The van der Waals surface area contributed by atoms with Gasteiger partial charge in [-0.3, -0.25) is 4.79 Å². The van der Waals surface area contributed by atoms with E-state index in [0.717, 1.165) is 30.3 Å². The fourth-order valence-electron chi connectivity index (χ4n) is 3.06. The molecule has 4 nitrogen and oxygen atoms in total. The van der Waals surface area contributed by atoms with Crippen LogP contribution >= 0.6 is 0 Å². The highest BCUT2D eigenvalue weighted by Crippen LogP contribution is 2.24. The first kappa shape index (κ1) is 17.5. The van der Waals surface area contributed by atoms with Crippen LogP contribution in [0.5, 0.6) is 0 Å². The van der Waals surface area contributed by atoms with Crippen molar-refractivity contribution >= 4 is 17.3 Å². The zero-order chi connectivity index (χ0) is 17.5. The lowest BCUT2D eigenvalue weighted by molar-refractivity contribution is -0.121. The quantitative estimate of drug-likeness (QED) is 0.863. The fourth-order valence-corrected chi connectivity index (χ4v) is 3.06. The molecule has 0 saturated carbocycles. The molecule has 2 aromatic rings. The van der Waals surface area contributed by atoms with Crippen molar-refractivity contribution in [2.45, 2.75) is 26.4 Å². The summed E-state index contributed by atoms with van der Waals surface area (Å²) in [5.74, 6) is 0.696. The van der Waals surface area contributed by atoms with Gasteiger partial charge in [0.2, 0.25) is 5.91 Å². The molecule has 0 bridgehead atoms. The maximum Gasteiger partial charge on any atom is 0.250 e. The molecule has 0 unspecified atom stereocenters. The van der Waals surface area contributed by atoms with Gasteiger partial charge in [0, 0.05) is 24.5 Å².